The minimum absolute atomic E-state index is 0.0202. The zero-order valence-corrected chi connectivity index (χ0v) is 21.1. The molecule has 1 fully saturated rings. The van der Waals surface area contributed by atoms with Crippen molar-refractivity contribution >= 4 is 17.3 Å². The van der Waals surface area contributed by atoms with Gasteiger partial charge < -0.3 is 9.29 Å². The molecule has 8 heteroatoms. The highest BCUT2D eigenvalue weighted by molar-refractivity contribution is 7.90. The first-order valence-corrected chi connectivity index (χ1v) is 12.7. The summed E-state index contributed by atoms with van der Waals surface area (Å²) < 4.78 is 61.7. The molecule has 0 radical (unpaired) electrons. The molecule has 0 spiro atoms. The molecule has 4 nitrogen and oxygen atoms in total. The van der Waals surface area contributed by atoms with E-state index in [1.54, 1.807) is 34.6 Å². The van der Waals surface area contributed by atoms with Crippen LogP contribution < -0.4 is 5.14 Å². The number of hydrogen-bond donors (Lipinski definition) is 1. The number of carbonyl (C=O) groups is 1. The molecule has 0 bridgehead atoms. The average molecular weight is 496 g/mol. The number of aryl methyl sites for hydroxylation is 2. The molecule has 1 saturated carbocycles. The lowest BCUT2D eigenvalue weighted by Gasteiger charge is -2.28. The van der Waals surface area contributed by atoms with Crippen LogP contribution in [-0.4, -0.2) is 21.9 Å². The van der Waals surface area contributed by atoms with Crippen LogP contribution in [0.15, 0.2) is 18.2 Å². The second-order valence-corrected chi connectivity index (χ2v) is 11.4. The van der Waals surface area contributed by atoms with Gasteiger partial charge in [-0.2, -0.15) is 5.14 Å². The van der Waals surface area contributed by atoms with Crippen molar-refractivity contribution in [3.63, 3.8) is 0 Å². The highest BCUT2D eigenvalue weighted by Gasteiger charge is 2.39. The van der Waals surface area contributed by atoms with Gasteiger partial charge >= 0.3 is 5.97 Å². The number of carbonyl (C=O) groups excluding carboxylic acids is 1. The van der Waals surface area contributed by atoms with Crippen LogP contribution in [-0.2, 0) is 27.3 Å². The van der Waals surface area contributed by atoms with E-state index in [0.29, 0.717) is 22.3 Å². The molecular weight excluding hydrogens is 463 g/mol. The topological polar surface area (TPSA) is 75.4 Å². The molecule has 2 aromatic carbocycles. The number of rotatable bonds is 9. The Kier molecular flexibility index (Phi) is 8.05. The van der Waals surface area contributed by atoms with E-state index in [1.807, 2.05) is 0 Å². The fraction of sp³-hybridized carbons (Fsp3) is 0.500. The first-order chi connectivity index (χ1) is 15.9. The first-order valence-electron chi connectivity index (χ1n) is 11.5. The molecule has 1 aliphatic rings. The van der Waals surface area contributed by atoms with Crippen molar-refractivity contribution in [3.05, 3.63) is 57.9 Å². The van der Waals surface area contributed by atoms with Crippen molar-refractivity contribution in [2.24, 2.45) is 11.1 Å². The summed E-state index contributed by atoms with van der Waals surface area (Å²) in [5.74, 6) is -3.45. The molecule has 34 heavy (non-hydrogen) atoms. The summed E-state index contributed by atoms with van der Waals surface area (Å²) in [6.07, 6.45) is 1.36. The summed E-state index contributed by atoms with van der Waals surface area (Å²) in [5, 5.41) is 5.60. The monoisotopic (exact) mass is 495 g/mol. The predicted octanol–water partition coefficient (Wildman–Crippen LogP) is 5.78. The Labute approximate surface area is 202 Å². The minimum atomic E-state index is -1.76. The summed E-state index contributed by atoms with van der Waals surface area (Å²) >= 11 is -1.76. The number of nitrogens with two attached hydrogens (primary N) is 1. The van der Waals surface area contributed by atoms with E-state index in [1.165, 1.54) is 18.2 Å². The van der Waals surface area contributed by atoms with Crippen LogP contribution in [0.5, 0.6) is 0 Å². The Bertz CT molecular complexity index is 1060. The van der Waals surface area contributed by atoms with Gasteiger partial charge in [0.2, 0.25) is 0 Å². The standard InChI is InChI=1S/C26H32F3NO3S/c1-6-33-25(31)17(13-26(4,5)34(30)32)11-21-23(28)19(16-7-8-16)12-20(24(21)29)22-14(2)9-18(27)10-15(22)3/h9-10,12,16-17H,6-8,11,13,30H2,1-5H3. The number of benzene rings is 2. The molecule has 2 N–H and O–H groups in total. The predicted molar refractivity (Wildman–Crippen MR) is 128 cm³/mol. The number of ether oxygens (including phenoxy) is 1. The molecule has 3 rings (SSSR count). The van der Waals surface area contributed by atoms with Crippen LogP contribution in [0.2, 0.25) is 0 Å². The summed E-state index contributed by atoms with van der Waals surface area (Å²) in [4.78, 5) is 12.8. The van der Waals surface area contributed by atoms with Gasteiger partial charge in [-0.05, 0) is 100 Å². The van der Waals surface area contributed by atoms with Gasteiger partial charge in [-0.1, -0.05) is 0 Å². The molecule has 2 unspecified atom stereocenters. The van der Waals surface area contributed by atoms with Gasteiger partial charge in [0.05, 0.1) is 12.5 Å². The summed E-state index contributed by atoms with van der Waals surface area (Å²) in [6, 6.07) is 4.17. The highest BCUT2D eigenvalue weighted by atomic mass is 32.2. The van der Waals surface area contributed by atoms with Crippen molar-refractivity contribution in [1.82, 2.24) is 0 Å². The van der Waals surface area contributed by atoms with Gasteiger partial charge in [0.15, 0.2) is 0 Å². The maximum absolute atomic E-state index is 16.0. The second kappa shape index (κ2) is 10.3. The fourth-order valence-electron chi connectivity index (χ4n) is 4.52. The molecule has 0 amide bonds. The van der Waals surface area contributed by atoms with Crippen molar-refractivity contribution in [2.45, 2.75) is 71.0 Å². The summed E-state index contributed by atoms with van der Waals surface area (Å²) in [6.45, 7) is 8.40. The average Bonchev–Trinajstić information content (AvgIpc) is 3.56. The molecule has 2 aromatic rings. The van der Waals surface area contributed by atoms with Crippen LogP contribution in [0, 0.1) is 37.2 Å². The molecular formula is C26H32F3NO3S. The molecule has 0 aromatic heterocycles. The number of hydrogen-bond acceptors (Lipinski definition) is 4. The van der Waals surface area contributed by atoms with Crippen LogP contribution in [0.3, 0.4) is 0 Å². The quantitative estimate of drug-likeness (QED) is 0.354. The molecule has 2 atom stereocenters. The van der Waals surface area contributed by atoms with E-state index in [2.05, 4.69) is 0 Å². The third kappa shape index (κ3) is 5.61. The molecule has 0 heterocycles. The third-order valence-electron chi connectivity index (χ3n) is 6.46. The van der Waals surface area contributed by atoms with Crippen LogP contribution in [0.1, 0.15) is 68.2 Å². The van der Waals surface area contributed by atoms with E-state index in [-0.39, 0.29) is 36.5 Å². The Hall–Kier alpha value is -2.03. The lowest BCUT2D eigenvalue weighted by atomic mass is 9.85. The highest BCUT2D eigenvalue weighted by Crippen LogP contribution is 2.45. The van der Waals surface area contributed by atoms with E-state index in [4.69, 9.17) is 9.88 Å². The van der Waals surface area contributed by atoms with Gasteiger partial charge in [0.25, 0.3) is 0 Å². The maximum atomic E-state index is 16.0. The van der Waals surface area contributed by atoms with Gasteiger partial charge in [-0.15, -0.1) is 0 Å². The van der Waals surface area contributed by atoms with Crippen LogP contribution in [0.25, 0.3) is 11.1 Å². The lowest BCUT2D eigenvalue weighted by molar-refractivity contribution is -0.148. The second-order valence-electron chi connectivity index (χ2n) is 9.72. The minimum Gasteiger partial charge on any atom is -0.598 e. The first kappa shape index (κ1) is 26.6. The largest absolute Gasteiger partial charge is 0.598 e. The zero-order valence-electron chi connectivity index (χ0n) is 20.3. The Balaban J connectivity index is 2.15. The fourth-order valence-corrected chi connectivity index (χ4v) is 4.89. The van der Waals surface area contributed by atoms with Gasteiger partial charge in [0.1, 0.15) is 22.2 Å². The molecule has 0 saturated heterocycles. The van der Waals surface area contributed by atoms with Crippen LogP contribution >= 0.6 is 0 Å². The number of esters is 1. The number of halogens is 3. The van der Waals surface area contributed by atoms with Crippen LogP contribution in [0.4, 0.5) is 13.2 Å². The van der Waals surface area contributed by atoms with Gasteiger partial charge in [-0.3, -0.25) is 4.79 Å². The van der Waals surface area contributed by atoms with E-state index in [0.717, 1.165) is 12.8 Å². The SMILES string of the molecule is CCOC(=O)C(Cc1c(F)c(-c2c(C)cc(F)cc2C)cc(C2CC2)c1F)CC(C)(C)[S+](N)[O-]. The summed E-state index contributed by atoms with van der Waals surface area (Å²) in [7, 11) is 0. The smallest absolute Gasteiger partial charge is 0.309 e. The Morgan fingerprint density at radius 1 is 1.18 bits per heavy atom. The van der Waals surface area contributed by atoms with Crippen molar-refractivity contribution in [2.75, 3.05) is 6.61 Å². The molecule has 0 aliphatic heterocycles. The molecule has 1 aliphatic carbocycles. The van der Waals surface area contributed by atoms with Gasteiger partial charge in [0, 0.05) is 28.9 Å². The van der Waals surface area contributed by atoms with Gasteiger partial charge in [-0.25, -0.2) is 13.2 Å². The van der Waals surface area contributed by atoms with E-state index >= 15 is 8.78 Å². The normalized spacial score (nSPS) is 15.8. The zero-order chi connectivity index (χ0) is 25.4. The van der Waals surface area contributed by atoms with E-state index in [9.17, 15) is 13.7 Å². The van der Waals surface area contributed by atoms with Crippen molar-refractivity contribution in [3.8, 4) is 11.1 Å². The summed E-state index contributed by atoms with van der Waals surface area (Å²) in [5.41, 5.74) is 1.98. The van der Waals surface area contributed by atoms with E-state index < -0.39 is 45.4 Å². The third-order valence-corrected chi connectivity index (χ3v) is 7.71. The van der Waals surface area contributed by atoms with Crippen molar-refractivity contribution in [1.29, 1.82) is 0 Å². The molecule has 186 valence electrons. The maximum Gasteiger partial charge on any atom is 0.309 e. The van der Waals surface area contributed by atoms with Crippen molar-refractivity contribution < 1.29 is 27.3 Å². The Morgan fingerprint density at radius 2 is 1.76 bits per heavy atom. The Morgan fingerprint density at radius 3 is 2.26 bits per heavy atom. The lowest BCUT2D eigenvalue weighted by Crippen LogP contribution is -2.41.